The number of fused-ring (bicyclic) bond motifs is 3. The van der Waals surface area contributed by atoms with Crippen LogP contribution in [0.3, 0.4) is 0 Å². The summed E-state index contributed by atoms with van der Waals surface area (Å²) in [5.41, 5.74) is 4.61. The number of nitrogens with one attached hydrogen (secondary N) is 2. The number of aryl methyl sites for hydroxylation is 1. The Morgan fingerprint density at radius 2 is 2.31 bits per heavy atom. The van der Waals surface area contributed by atoms with E-state index >= 15 is 0 Å². The van der Waals surface area contributed by atoms with Gasteiger partial charge in [-0.1, -0.05) is 6.08 Å². The van der Waals surface area contributed by atoms with Crippen LogP contribution in [0.1, 0.15) is 37.9 Å². The normalized spacial score (nSPS) is 16.7. The van der Waals surface area contributed by atoms with Crippen molar-refractivity contribution in [2.24, 2.45) is 0 Å². The van der Waals surface area contributed by atoms with Crippen molar-refractivity contribution in [1.82, 2.24) is 9.88 Å². The Balaban J connectivity index is 1.78. The summed E-state index contributed by atoms with van der Waals surface area (Å²) in [5.74, 6) is 0. The van der Waals surface area contributed by atoms with Crippen LogP contribution in [-0.4, -0.2) is 41.7 Å². The van der Waals surface area contributed by atoms with Crippen molar-refractivity contribution >= 4 is 22.7 Å². The van der Waals surface area contributed by atoms with E-state index < -0.39 is 6.09 Å². The summed E-state index contributed by atoms with van der Waals surface area (Å²) < 4.78 is 5.13. The molecule has 2 aromatic rings. The molecule has 0 bridgehead atoms. The molecule has 1 heterocycles. The summed E-state index contributed by atoms with van der Waals surface area (Å²) >= 11 is 0. The molecule has 5 nitrogen and oxygen atoms in total. The zero-order valence-corrected chi connectivity index (χ0v) is 16.0. The molecular weight excluding hydrogens is 326 g/mol. The Hall–Kier alpha value is -2.27. The van der Waals surface area contributed by atoms with Crippen molar-refractivity contribution in [3.63, 3.8) is 0 Å². The number of likely N-dealkylation sites (N-methyl/N-ethyl adjacent to an activating group) is 1. The third-order valence-corrected chi connectivity index (χ3v) is 5.35. The van der Waals surface area contributed by atoms with Gasteiger partial charge in [0.2, 0.25) is 0 Å². The quantitative estimate of drug-likeness (QED) is 0.593. The van der Waals surface area contributed by atoms with Crippen molar-refractivity contribution in [3.8, 4) is 0 Å². The fourth-order valence-electron chi connectivity index (χ4n) is 3.63. The Bertz CT molecular complexity index is 794. The molecule has 2 N–H and O–H groups in total. The number of hydrogen-bond acceptors (Lipinski definition) is 3. The Morgan fingerprint density at radius 3 is 3.04 bits per heavy atom. The fourth-order valence-corrected chi connectivity index (χ4v) is 3.63. The molecule has 140 valence electrons. The van der Waals surface area contributed by atoms with Gasteiger partial charge in [0.05, 0.1) is 6.61 Å². The number of carbonyl (C=O) groups excluding carboxylic acids is 1. The van der Waals surface area contributed by atoms with E-state index in [1.165, 1.54) is 23.1 Å². The summed E-state index contributed by atoms with van der Waals surface area (Å²) in [6, 6.07) is 7.10. The highest BCUT2D eigenvalue weighted by Crippen LogP contribution is 2.32. The average molecular weight is 355 g/mol. The molecule has 1 atom stereocenters. The summed E-state index contributed by atoms with van der Waals surface area (Å²) in [7, 11) is 2.21. The second kappa shape index (κ2) is 7.96. The minimum Gasteiger partial charge on any atom is -0.449 e. The Kier molecular flexibility index (Phi) is 5.67. The molecular formula is C21H29N3O2. The van der Waals surface area contributed by atoms with E-state index in [-0.39, 0.29) is 0 Å². The van der Waals surface area contributed by atoms with Gasteiger partial charge in [-0.15, -0.1) is 6.58 Å². The molecule has 0 saturated heterocycles. The molecule has 0 fully saturated rings. The zero-order valence-electron chi connectivity index (χ0n) is 16.0. The van der Waals surface area contributed by atoms with Crippen LogP contribution in [0.25, 0.3) is 10.9 Å². The summed E-state index contributed by atoms with van der Waals surface area (Å²) in [4.78, 5) is 17.9. The van der Waals surface area contributed by atoms with Crippen LogP contribution in [0.5, 0.6) is 0 Å². The molecule has 1 aromatic carbocycles. The molecule has 1 aliphatic rings. The van der Waals surface area contributed by atoms with Crippen molar-refractivity contribution in [2.75, 3.05) is 19.0 Å². The molecule has 3 rings (SSSR count). The Labute approximate surface area is 155 Å². The number of aromatic nitrogens is 1. The molecule has 0 aliphatic heterocycles. The van der Waals surface area contributed by atoms with E-state index in [0.717, 1.165) is 24.0 Å². The number of amides is 1. The topological polar surface area (TPSA) is 57.4 Å². The van der Waals surface area contributed by atoms with E-state index in [0.29, 0.717) is 25.1 Å². The maximum absolute atomic E-state index is 11.9. The van der Waals surface area contributed by atoms with Crippen molar-refractivity contribution in [3.05, 3.63) is 42.1 Å². The van der Waals surface area contributed by atoms with Crippen molar-refractivity contribution in [1.29, 1.82) is 0 Å². The van der Waals surface area contributed by atoms with Gasteiger partial charge in [0.15, 0.2) is 0 Å². The average Bonchev–Trinajstić information content (AvgIpc) is 2.98. The summed E-state index contributed by atoms with van der Waals surface area (Å²) in [6.45, 7) is 8.45. The minimum absolute atomic E-state index is 0.348. The third kappa shape index (κ3) is 3.93. The number of anilines is 1. The number of aromatic amines is 1. The van der Waals surface area contributed by atoms with Crippen LogP contribution in [0.4, 0.5) is 10.5 Å². The van der Waals surface area contributed by atoms with Gasteiger partial charge in [0, 0.05) is 34.4 Å². The maximum atomic E-state index is 11.9. The zero-order chi connectivity index (χ0) is 18.7. The lowest BCUT2D eigenvalue weighted by Gasteiger charge is -2.34. The van der Waals surface area contributed by atoms with Gasteiger partial charge in [0.25, 0.3) is 0 Å². The van der Waals surface area contributed by atoms with Crippen molar-refractivity contribution in [2.45, 2.75) is 51.6 Å². The van der Waals surface area contributed by atoms with Gasteiger partial charge in [-0.25, -0.2) is 4.79 Å². The van der Waals surface area contributed by atoms with E-state index in [1.807, 2.05) is 12.1 Å². The lowest BCUT2D eigenvalue weighted by molar-refractivity contribution is 0.163. The summed E-state index contributed by atoms with van der Waals surface area (Å²) in [5, 5.41) is 4.02. The fraction of sp³-hybridized carbons (Fsp3) is 0.476. The SMILES string of the molecule is C=CCCOC(=O)Nc1ccc2[nH]c3c(c2c1)CC(N(C)C(C)C)CC3. The van der Waals surface area contributed by atoms with Crippen LogP contribution >= 0.6 is 0 Å². The van der Waals surface area contributed by atoms with Crippen LogP contribution in [0.15, 0.2) is 30.9 Å². The number of rotatable bonds is 6. The second-order valence-electron chi connectivity index (χ2n) is 7.34. The minimum atomic E-state index is -0.423. The lowest BCUT2D eigenvalue weighted by atomic mass is 9.90. The number of nitrogens with zero attached hydrogens (tertiary/aromatic N) is 1. The smallest absolute Gasteiger partial charge is 0.411 e. The molecule has 26 heavy (non-hydrogen) atoms. The van der Waals surface area contributed by atoms with Crippen molar-refractivity contribution < 1.29 is 9.53 Å². The molecule has 5 heteroatoms. The standard InChI is InChI=1S/C21H29N3O2/c1-5-6-11-26-21(25)22-15-7-9-19-17(12-15)18-13-16(24(4)14(2)3)8-10-20(18)23-19/h5,7,9,12,14,16,23H,1,6,8,10-11,13H2,2-4H3,(H,22,25). The first kappa shape index (κ1) is 18.5. The van der Waals surface area contributed by atoms with Crippen LogP contribution in [-0.2, 0) is 17.6 Å². The predicted molar refractivity (Wildman–Crippen MR) is 107 cm³/mol. The van der Waals surface area contributed by atoms with E-state index in [4.69, 9.17) is 4.74 Å². The van der Waals surface area contributed by atoms with Crippen LogP contribution in [0, 0.1) is 0 Å². The molecule has 1 unspecified atom stereocenters. The highest BCUT2D eigenvalue weighted by Gasteiger charge is 2.26. The highest BCUT2D eigenvalue weighted by atomic mass is 16.5. The van der Waals surface area contributed by atoms with Crippen LogP contribution < -0.4 is 5.32 Å². The maximum Gasteiger partial charge on any atom is 0.411 e. The van der Waals surface area contributed by atoms with Gasteiger partial charge < -0.3 is 14.6 Å². The number of hydrogen-bond donors (Lipinski definition) is 2. The van der Waals surface area contributed by atoms with Gasteiger partial charge in [-0.05, 0) is 70.3 Å². The Morgan fingerprint density at radius 1 is 1.50 bits per heavy atom. The second-order valence-corrected chi connectivity index (χ2v) is 7.34. The first-order valence-electron chi connectivity index (χ1n) is 9.39. The number of carbonyl (C=O) groups is 1. The molecule has 0 spiro atoms. The monoisotopic (exact) mass is 355 g/mol. The summed E-state index contributed by atoms with van der Waals surface area (Å²) in [6.07, 6.45) is 5.25. The number of ether oxygens (including phenoxy) is 1. The molecule has 0 radical (unpaired) electrons. The number of benzene rings is 1. The van der Waals surface area contributed by atoms with Gasteiger partial charge in [-0.2, -0.15) is 0 Å². The highest BCUT2D eigenvalue weighted by molar-refractivity contribution is 5.92. The lowest BCUT2D eigenvalue weighted by Crippen LogP contribution is -2.40. The molecule has 0 saturated carbocycles. The largest absolute Gasteiger partial charge is 0.449 e. The predicted octanol–water partition coefficient (Wildman–Crippen LogP) is 4.49. The molecule has 1 aliphatic carbocycles. The first-order chi connectivity index (χ1) is 12.5. The van der Waals surface area contributed by atoms with E-state index in [9.17, 15) is 4.79 Å². The molecule has 1 aromatic heterocycles. The number of H-pyrrole nitrogens is 1. The molecule has 1 amide bonds. The van der Waals surface area contributed by atoms with E-state index in [2.05, 4.69) is 48.7 Å². The van der Waals surface area contributed by atoms with Gasteiger partial charge >= 0.3 is 6.09 Å². The third-order valence-electron chi connectivity index (χ3n) is 5.35. The first-order valence-corrected chi connectivity index (χ1v) is 9.39. The van der Waals surface area contributed by atoms with E-state index in [1.54, 1.807) is 6.08 Å². The van der Waals surface area contributed by atoms with Gasteiger partial charge in [-0.3, -0.25) is 5.32 Å². The van der Waals surface area contributed by atoms with Gasteiger partial charge in [0.1, 0.15) is 0 Å². The van der Waals surface area contributed by atoms with Crippen LogP contribution in [0.2, 0.25) is 0 Å².